The molecule has 0 aliphatic rings. The smallest absolute Gasteiger partial charge is 0.232 e. The van der Waals surface area contributed by atoms with Crippen molar-refractivity contribution in [1.29, 1.82) is 0 Å². The molecule has 1 aromatic carbocycles. The van der Waals surface area contributed by atoms with Gasteiger partial charge in [-0.1, -0.05) is 30.3 Å². The van der Waals surface area contributed by atoms with Gasteiger partial charge < -0.3 is 16.0 Å². The molecule has 4 aromatic rings. The lowest BCUT2D eigenvalue weighted by molar-refractivity contribution is -0.117. The Morgan fingerprint density at radius 3 is 2.89 bits per heavy atom. The Morgan fingerprint density at radius 1 is 1.22 bits per heavy atom. The average molecular weight is 376 g/mol. The number of benzene rings is 1. The first-order valence-electron chi connectivity index (χ1n) is 8.83. The predicted octanol–water partition coefficient (Wildman–Crippen LogP) is 4.36. The number of carbonyl (C=O) groups excluding carboxylic acids is 1. The molecule has 0 saturated heterocycles. The SMILES string of the molecule is NCCC(C(=O)Nc1cc(-c2ccnc3[nH]ccc23)cs1)c1ccccc1. The van der Waals surface area contributed by atoms with E-state index in [1.807, 2.05) is 54.7 Å². The fourth-order valence-corrected chi connectivity index (χ4v) is 4.07. The van der Waals surface area contributed by atoms with Crippen LogP contribution in [0, 0.1) is 0 Å². The number of carbonyl (C=O) groups is 1. The maximum absolute atomic E-state index is 12.8. The van der Waals surface area contributed by atoms with Crippen LogP contribution in [0.1, 0.15) is 17.9 Å². The third-order valence-electron chi connectivity index (χ3n) is 4.59. The lowest BCUT2D eigenvalue weighted by Crippen LogP contribution is -2.23. The highest BCUT2D eigenvalue weighted by molar-refractivity contribution is 7.14. The molecule has 3 aromatic heterocycles. The molecule has 0 fully saturated rings. The molecule has 0 saturated carbocycles. The lowest BCUT2D eigenvalue weighted by atomic mass is 9.95. The standard InChI is InChI=1S/C21H20N4OS/c22-9-6-17(14-4-2-1-3-5-14)21(26)25-19-12-15(13-27-19)16-7-10-23-20-18(16)8-11-24-20/h1-5,7-8,10-13,17H,6,9,22H2,(H,23,24)(H,25,26). The zero-order valence-electron chi connectivity index (χ0n) is 14.7. The highest BCUT2D eigenvalue weighted by atomic mass is 32.1. The van der Waals surface area contributed by atoms with Crippen LogP contribution in [-0.2, 0) is 4.79 Å². The number of nitrogens with zero attached hydrogens (tertiary/aromatic N) is 1. The summed E-state index contributed by atoms with van der Waals surface area (Å²) in [4.78, 5) is 20.3. The van der Waals surface area contributed by atoms with E-state index in [4.69, 9.17) is 5.73 Å². The van der Waals surface area contributed by atoms with Crippen molar-refractivity contribution in [2.24, 2.45) is 5.73 Å². The van der Waals surface area contributed by atoms with E-state index < -0.39 is 0 Å². The second-order valence-corrected chi connectivity index (χ2v) is 7.24. The topological polar surface area (TPSA) is 83.8 Å². The monoisotopic (exact) mass is 376 g/mol. The summed E-state index contributed by atoms with van der Waals surface area (Å²) in [5.74, 6) is -0.277. The van der Waals surface area contributed by atoms with Gasteiger partial charge in [-0.25, -0.2) is 4.98 Å². The van der Waals surface area contributed by atoms with Gasteiger partial charge in [0.15, 0.2) is 0 Å². The summed E-state index contributed by atoms with van der Waals surface area (Å²) in [6.45, 7) is 0.463. The van der Waals surface area contributed by atoms with Gasteiger partial charge in [0, 0.05) is 23.2 Å². The third kappa shape index (κ3) is 3.63. The number of hydrogen-bond acceptors (Lipinski definition) is 4. The van der Waals surface area contributed by atoms with E-state index in [9.17, 15) is 4.79 Å². The largest absolute Gasteiger partial charge is 0.346 e. The molecular weight excluding hydrogens is 356 g/mol. The molecule has 3 heterocycles. The highest BCUT2D eigenvalue weighted by Crippen LogP contribution is 2.33. The number of aromatic amines is 1. The Kier molecular flexibility index (Phi) is 5.00. The third-order valence-corrected chi connectivity index (χ3v) is 5.44. The van der Waals surface area contributed by atoms with Crippen LogP contribution in [-0.4, -0.2) is 22.4 Å². The molecule has 0 aliphatic heterocycles. The number of fused-ring (bicyclic) bond motifs is 1. The molecule has 136 valence electrons. The van der Waals surface area contributed by atoms with Crippen molar-refractivity contribution < 1.29 is 4.79 Å². The average Bonchev–Trinajstić information content (AvgIpc) is 3.35. The van der Waals surface area contributed by atoms with E-state index in [1.165, 1.54) is 11.3 Å². The number of anilines is 1. The van der Waals surface area contributed by atoms with E-state index in [-0.39, 0.29) is 11.8 Å². The molecule has 0 aliphatic carbocycles. The van der Waals surface area contributed by atoms with Crippen molar-refractivity contribution in [3.63, 3.8) is 0 Å². The molecule has 0 radical (unpaired) electrons. The molecule has 0 bridgehead atoms. The lowest BCUT2D eigenvalue weighted by Gasteiger charge is -2.15. The first-order chi connectivity index (χ1) is 13.3. The molecule has 1 unspecified atom stereocenters. The molecule has 1 amide bonds. The van der Waals surface area contributed by atoms with Gasteiger partial charge in [0.25, 0.3) is 0 Å². The second-order valence-electron chi connectivity index (χ2n) is 6.33. The Labute approximate surface area is 161 Å². The first-order valence-corrected chi connectivity index (χ1v) is 9.71. The van der Waals surface area contributed by atoms with Gasteiger partial charge in [0.1, 0.15) is 5.65 Å². The van der Waals surface area contributed by atoms with Crippen LogP contribution in [0.5, 0.6) is 0 Å². The summed E-state index contributed by atoms with van der Waals surface area (Å²) >= 11 is 1.52. The fraction of sp³-hybridized carbons (Fsp3) is 0.143. The van der Waals surface area contributed by atoms with Crippen LogP contribution in [0.15, 0.2) is 66.3 Å². The molecule has 4 N–H and O–H groups in total. The maximum atomic E-state index is 12.8. The molecule has 0 spiro atoms. The summed E-state index contributed by atoms with van der Waals surface area (Å²) in [5.41, 5.74) is 9.74. The number of nitrogens with two attached hydrogens (primary N) is 1. The quantitative estimate of drug-likeness (QED) is 0.467. The molecular formula is C21H20N4OS. The van der Waals surface area contributed by atoms with Gasteiger partial charge >= 0.3 is 0 Å². The Balaban J connectivity index is 1.56. The maximum Gasteiger partial charge on any atom is 0.232 e. The van der Waals surface area contributed by atoms with E-state index in [0.29, 0.717) is 13.0 Å². The zero-order chi connectivity index (χ0) is 18.6. The number of thiophene rings is 1. The summed E-state index contributed by atoms with van der Waals surface area (Å²) < 4.78 is 0. The normalized spacial score (nSPS) is 12.2. The zero-order valence-corrected chi connectivity index (χ0v) is 15.5. The van der Waals surface area contributed by atoms with E-state index >= 15 is 0 Å². The van der Waals surface area contributed by atoms with Gasteiger partial charge in [0.2, 0.25) is 5.91 Å². The fourth-order valence-electron chi connectivity index (χ4n) is 3.27. The van der Waals surface area contributed by atoms with Gasteiger partial charge in [-0.15, -0.1) is 11.3 Å². The summed E-state index contributed by atoms with van der Waals surface area (Å²) in [7, 11) is 0. The number of pyridine rings is 1. The number of amides is 1. The Bertz CT molecular complexity index is 1050. The Morgan fingerprint density at radius 2 is 2.07 bits per heavy atom. The van der Waals surface area contributed by atoms with Gasteiger partial charge in [-0.3, -0.25) is 4.79 Å². The van der Waals surface area contributed by atoms with Crippen molar-refractivity contribution >= 4 is 33.3 Å². The molecule has 1 atom stereocenters. The Hall–Kier alpha value is -2.96. The van der Waals surface area contributed by atoms with Gasteiger partial charge in [-0.2, -0.15) is 0 Å². The van der Waals surface area contributed by atoms with E-state index in [2.05, 4.69) is 20.7 Å². The van der Waals surface area contributed by atoms with Crippen molar-refractivity contribution in [2.75, 3.05) is 11.9 Å². The van der Waals surface area contributed by atoms with Crippen molar-refractivity contribution in [3.05, 3.63) is 71.9 Å². The minimum Gasteiger partial charge on any atom is -0.346 e. The summed E-state index contributed by atoms with van der Waals surface area (Å²) in [5, 5.41) is 7.01. The van der Waals surface area contributed by atoms with Crippen molar-refractivity contribution in [3.8, 4) is 11.1 Å². The van der Waals surface area contributed by atoms with Crippen molar-refractivity contribution in [1.82, 2.24) is 9.97 Å². The number of H-pyrrole nitrogens is 1. The van der Waals surface area contributed by atoms with Crippen LogP contribution in [0.2, 0.25) is 0 Å². The number of nitrogens with one attached hydrogen (secondary N) is 2. The second kappa shape index (κ2) is 7.73. The van der Waals surface area contributed by atoms with Crippen LogP contribution in [0.3, 0.4) is 0 Å². The minimum absolute atomic E-state index is 0.0263. The van der Waals surface area contributed by atoms with Crippen molar-refractivity contribution in [2.45, 2.75) is 12.3 Å². The summed E-state index contributed by atoms with van der Waals surface area (Å²) in [6.07, 6.45) is 4.28. The molecule has 27 heavy (non-hydrogen) atoms. The number of hydrogen-bond donors (Lipinski definition) is 3. The number of rotatable bonds is 6. The molecule has 6 heteroatoms. The minimum atomic E-state index is -0.251. The highest BCUT2D eigenvalue weighted by Gasteiger charge is 2.20. The molecule has 5 nitrogen and oxygen atoms in total. The van der Waals surface area contributed by atoms with E-state index in [1.54, 1.807) is 6.20 Å². The van der Waals surface area contributed by atoms with Gasteiger partial charge in [-0.05, 0) is 47.9 Å². The molecule has 4 rings (SSSR count). The van der Waals surface area contributed by atoms with Gasteiger partial charge in [0.05, 0.1) is 10.9 Å². The summed E-state index contributed by atoms with van der Waals surface area (Å²) in [6, 6.07) is 15.8. The van der Waals surface area contributed by atoms with Crippen LogP contribution >= 0.6 is 11.3 Å². The predicted molar refractivity (Wildman–Crippen MR) is 111 cm³/mol. The first kappa shape index (κ1) is 17.5. The number of aromatic nitrogens is 2. The van der Waals surface area contributed by atoms with Crippen LogP contribution in [0.4, 0.5) is 5.00 Å². The van der Waals surface area contributed by atoms with Crippen LogP contribution in [0.25, 0.3) is 22.2 Å². The van der Waals surface area contributed by atoms with E-state index in [0.717, 1.165) is 32.7 Å². The van der Waals surface area contributed by atoms with Crippen LogP contribution < -0.4 is 11.1 Å².